The molecular weight excluding hydrogens is 246 g/mol. The highest BCUT2D eigenvalue weighted by atomic mass is 16.6. The Hall–Kier alpha value is -1.88. The minimum atomic E-state index is -0.649. The predicted molar refractivity (Wildman–Crippen MR) is 71.3 cm³/mol. The number of hydrogen-bond donors (Lipinski definition) is 1. The lowest BCUT2D eigenvalue weighted by Gasteiger charge is -2.20. The standard InChI is InChI=1S/C14H19NO4/c1-5-12(16)10-7-6-8-11(13(10)17)14(18)19-9(2)15(3)4/h6-9,17H,5H2,1-4H3. The van der Waals surface area contributed by atoms with Crippen LogP contribution in [0.5, 0.6) is 5.75 Å². The highest BCUT2D eigenvalue weighted by molar-refractivity contribution is 6.03. The number of benzene rings is 1. The zero-order valence-corrected chi connectivity index (χ0v) is 11.6. The second kappa shape index (κ2) is 6.33. The predicted octanol–water partition coefficient (Wildman–Crippen LogP) is 2.05. The molecule has 0 saturated carbocycles. The van der Waals surface area contributed by atoms with Crippen LogP contribution in [0.1, 0.15) is 41.0 Å². The molecule has 1 atom stereocenters. The molecule has 19 heavy (non-hydrogen) atoms. The molecule has 1 rings (SSSR count). The van der Waals surface area contributed by atoms with Gasteiger partial charge in [-0.15, -0.1) is 0 Å². The molecular formula is C14H19NO4. The molecule has 104 valence electrons. The number of rotatable bonds is 5. The Morgan fingerprint density at radius 2 is 1.89 bits per heavy atom. The second-order valence-corrected chi connectivity index (χ2v) is 4.45. The number of carbonyl (C=O) groups is 2. The lowest BCUT2D eigenvalue weighted by molar-refractivity contribution is -0.00570. The van der Waals surface area contributed by atoms with E-state index in [2.05, 4.69) is 0 Å². The fraction of sp³-hybridized carbons (Fsp3) is 0.429. The van der Waals surface area contributed by atoms with Gasteiger partial charge in [-0.3, -0.25) is 9.69 Å². The molecule has 5 nitrogen and oxygen atoms in total. The second-order valence-electron chi connectivity index (χ2n) is 4.45. The molecule has 0 aliphatic heterocycles. The zero-order valence-electron chi connectivity index (χ0n) is 11.6. The minimum Gasteiger partial charge on any atom is -0.506 e. The van der Waals surface area contributed by atoms with Crippen LogP contribution in [0.25, 0.3) is 0 Å². The first kappa shape index (κ1) is 15.2. The summed E-state index contributed by atoms with van der Waals surface area (Å²) in [5.41, 5.74) is 0.155. The van der Waals surface area contributed by atoms with Crippen LogP contribution < -0.4 is 0 Å². The van der Waals surface area contributed by atoms with Crippen molar-refractivity contribution in [2.45, 2.75) is 26.5 Å². The Bertz CT molecular complexity index is 482. The number of ether oxygens (including phenoxy) is 1. The molecule has 5 heteroatoms. The van der Waals surface area contributed by atoms with E-state index in [-0.39, 0.29) is 29.1 Å². The molecule has 0 saturated heterocycles. The molecule has 1 unspecified atom stereocenters. The fourth-order valence-corrected chi connectivity index (χ4v) is 1.45. The lowest BCUT2D eigenvalue weighted by Crippen LogP contribution is -2.30. The van der Waals surface area contributed by atoms with E-state index in [1.807, 2.05) is 0 Å². The number of phenolic OH excluding ortho intramolecular Hbond substituents is 1. The quantitative estimate of drug-likeness (QED) is 0.501. The topological polar surface area (TPSA) is 66.8 Å². The molecule has 1 aromatic carbocycles. The third-order valence-corrected chi connectivity index (χ3v) is 2.88. The number of ketones is 1. The molecule has 0 fully saturated rings. The van der Waals surface area contributed by atoms with Crippen molar-refractivity contribution in [1.82, 2.24) is 4.90 Å². The van der Waals surface area contributed by atoms with Crippen molar-refractivity contribution in [3.8, 4) is 5.75 Å². The number of phenols is 1. The monoisotopic (exact) mass is 265 g/mol. The summed E-state index contributed by atoms with van der Waals surface area (Å²) >= 11 is 0. The number of para-hydroxylation sites is 1. The number of nitrogens with zero attached hydrogens (tertiary/aromatic N) is 1. The van der Waals surface area contributed by atoms with E-state index in [4.69, 9.17) is 4.74 Å². The average molecular weight is 265 g/mol. The summed E-state index contributed by atoms with van der Waals surface area (Å²) in [5.74, 6) is -1.18. The van der Waals surface area contributed by atoms with Crippen molar-refractivity contribution in [2.24, 2.45) is 0 Å². The smallest absolute Gasteiger partial charge is 0.343 e. The maximum atomic E-state index is 11.9. The molecule has 0 amide bonds. The molecule has 0 bridgehead atoms. The lowest BCUT2D eigenvalue weighted by atomic mass is 10.0. The Morgan fingerprint density at radius 3 is 2.42 bits per heavy atom. The van der Waals surface area contributed by atoms with E-state index >= 15 is 0 Å². The van der Waals surface area contributed by atoms with Gasteiger partial charge < -0.3 is 9.84 Å². The average Bonchev–Trinajstić information content (AvgIpc) is 2.37. The maximum absolute atomic E-state index is 11.9. The van der Waals surface area contributed by atoms with E-state index < -0.39 is 12.2 Å². The number of aromatic hydroxyl groups is 1. The van der Waals surface area contributed by atoms with Gasteiger partial charge >= 0.3 is 5.97 Å². The van der Waals surface area contributed by atoms with Gasteiger partial charge in [0.25, 0.3) is 0 Å². The summed E-state index contributed by atoms with van der Waals surface area (Å²) in [6.45, 7) is 3.41. The summed E-state index contributed by atoms with van der Waals surface area (Å²) in [5, 5.41) is 9.98. The third-order valence-electron chi connectivity index (χ3n) is 2.88. The first-order valence-electron chi connectivity index (χ1n) is 6.11. The Balaban J connectivity index is 3.02. The van der Waals surface area contributed by atoms with Crippen LogP contribution >= 0.6 is 0 Å². The maximum Gasteiger partial charge on any atom is 0.343 e. The summed E-state index contributed by atoms with van der Waals surface area (Å²) in [6, 6.07) is 4.49. The van der Waals surface area contributed by atoms with Crippen molar-refractivity contribution in [3.05, 3.63) is 29.3 Å². The van der Waals surface area contributed by atoms with E-state index in [1.54, 1.807) is 38.9 Å². The third kappa shape index (κ3) is 3.54. The van der Waals surface area contributed by atoms with Gasteiger partial charge in [0, 0.05) is 6.42 Å². The molecule has 0 aliphatic carbocycles. The van der Waals surface area contributed by atoms with Gasteiger partial charge in [0.05, 0.1) is 5.56 Å². The number of Topliss-reactive ketones (excluding diaryl/α,β-unsaturated/α-hetero) is 1. The number of esters is 1. The van der Waals surface area contributed by atoms with Crippen LogP contribution in [-0.2, 0) is 4.74 Å². The minimum absolute atomic E-state index is 0.00741. The molecule has 0 radical (unpaired) electrons. The summed E-state index contributed by atoms with van der Waals surface area (Å²) in [7, 11) is 3.55. The van der Waals surface area contributed by atoms with E-state index in [1.165, 1.54) is 12.1 Å². The summed E-state index contributed by atoms with van der Waals surface area (Å²) < 4.78 is 5.16. The van der Waals surface area contributed by atoms with Gasteiger partial charge in [-0.2, -0.15) is 0 Å². The van der Waals surface area contributed by atoms with Crippen LogP contribution in [0.4, 0.5) is 0 Å². The normalized spacial score (nSPS) is 12.3. The van der Waals surface area contributed by atoms with Crippen molar-refractivity contribution in [3.63, 3.8) is 0 Å². The van der Waals surface area contributed by atoms with Gasteiger partial charge in [0.2, 0.25) is 0 Å². The van der Waals surface area contributed by atoms with Crippen molar-refractivity contribution in [1.29, 1.82) is 0 Å². The number of hydrogen-bond acceptors (Lipinski definition) is 5. The molecule has 0 spiro atoms. The van der Waals surface area contributed by atoms with Crippen molar-refractivity contribution >= 4 is 11.8 Å². The molecule has 0 heterocycles. The highest BCUT2D eigenvalue weighted by Gasteiger charge is 2.20. The van der Waals surface area contributed by atoms with Gasteiger partial charge in [-0.05, 0) is 33.2 Å². The van der Waals surface area contributed by atoms with E-state index in [0.717, 1.165) is 0 Å². The van der Waals surface area contributed by atoms with Gasteiger partial charge in [0.15, 0.2) is 12.0 Å². The molecule has 0 aromatic heterocycles. The Kier molecular flexibility index (Phi) is 5.06. The fourth-order valence-electron chi connectivity index (χ4n) is 1.45. The Morgan fingerprint density at radius 1 is 1.32 bits per heavy atom. The van der Waals surface area contributed by atoms with Crippen LogP contribution in [0, 0.1) is 0 Å². The van der Waals surface area contributed by atoms with Crippen molar-refractivity contribution in [2.75, 3.05) is 14.1 Å². The Labute approximate surface area is 112 Å². The van der Waals surface area contributed by atoms with Gasteiger partial charge in [-0.1, -0.05) is 13.0 Å². The van der Waals surface area contributed by atoms with E-state index in [9.17, 15) is 14.7 Å². The highest BCUT2D eigenvalue weighted by Crippen LogP contribution is 2.24. The van der Waals surface area contributed by atoms with Crippen LogP contribution in [-0.4, -0.2) is 42.1 Å². The van der Waals surface area contributed by atoms with Crippen LogP contribution in [0.3, 0.4) is 0 Å². The zero-order chi connectivity index (χ0) is 14.6. The first-order chi connectivity index (χ1) is 8.88. The number of carbonyl (C=O) groups excluding carboxylic acids is 2. The molecule has 0 aliphatic rings. The SMILES string of the molecule is CCC(=O)c1cccc(C(=O)OC(C)N(C)C)c1O. The van der Waals surface area contributed by atoms with Crippen LogP contribution in [0.2, 0.25) is 0 Å². The first-order valence-corrected chi connectivity index (χ1v) is 6.11. The van der Waals surface area contributed by atoms with Gasteiger partial charge in [0.1, 0.15) is 11.3 Å². The van der Waals surface area contributed by atoms with Gasteiger partial charge in [-0.25, -0.2) is 4.79 Å². The largest absolute Gasteiger partial charge is 0.506 e. The van der Waals surface area contributed by atoms with E-state index in [0.29, 0.717) is 0 Å². The van der Waals surface area contributed by atoms with Crippen LogP contribution in [0.15, 0.2) is 18.2 Å². The van der Waals surface area contributed by atoms with Crippen molar-refractivity contribution < 1.29 is 19.4 Å². The molecule has 1 aromatic rings. The molecule has 1 N–H and O–H groups in total. The summed E-state index contributed by atoms with van der Waals surface area (Å²) in [6.07, 6.45) is -0.155. The summed E-state index contributed by atoms with van der Waals surface area (Å²) in [4.78, 5) is 25.3.